The van der Waals surface area contributed by atoms with Crippen molar-refractivity contribution in [2.45, 2.75) is 6.54 Å². The predicted octanol–water partition coefficient (Wildman–Crippen LogP) is 0.450. The van der Waals surface area contributed by atoms with E-state index < -0.39 is 5.91 Å². The molecule has 16 heavy (non-hydrogen) atoms. The molecular formula is C10H10N4O2. The van der Waals surface area contributed by atoms with E-state index in [-0.39, 0.29) is 6.54 Å². The monoisotopic (exact) mass is 218 g/mol. The summed E-state index contributed by atoms with van der Waals surface area (Å²) in [5.74, 6) is -0.537. The molecule has 1 amide bonds. The summed E-state index contributed by atoms with van der Waals surface area (Å²) in [4.78, 5) is 10.9. The smallest absolute Gasteiger partial charge is 0.265 e. The second kappa shape index (κ2) is 4.54. The second-order valence-electron chi connectivity index (χ2n) is 3.20. The number of nitrogens with one attached hydrogen (secondary N) is 1. The van der Waals surface area contributed by atoms with Crippen LogP contribution < -0.4 is 5.48 Å². The first-order chi connectivity index (χ1) is 7.79. The first-order valence-corrected chi connectivity index (χ1v) is 4.68. The van der Waals surface area contributed by atoms with E-state index in [1.807, 2.05) is 30.3 Å². The summed E-state index contributed by atoms with van der Waals surface area (Å²) < 4.78 is 1.36. The quantitative estimate of drug-likeness (QED) is 0.579. The van der Waals surface area contributed by atoms with Gasteiger partial charge in [0.25, 0.3) is 5.91 Å². The zero-order chi connectivity index (χ0) is 11.4. The van der Waals surface area contributed by atoms with Crippen LogP contribution in [-0.2, 0) is 11.3 Å². The maximum absolute atomic E-state index is 10.9. The number of hydroxylamine groups is 1. The van der Waals surface area contributed by atoms with Crippen molar-refractivity contribution in [2.75, 3.05) is 0 Å². The summed E-state index contributed by atoms with van der Waals surface area (Å²) >= 11 is 0. The summed E-state index contributed by atoms with van der Waals surface area (Å²) in [6, 6.07) is 9.51. The molecule has 0 saturated heterocycles. The van der Waals surface area contributed by atoms with Crippen LogP contribution in [0.5, 0.6) is 0 Å². The molecule has 1 aromatic carbocycles. The number of nitrogens with zero attached hydrogens (tertiary/aromatic N) is 3. The summed E-state index contributed by atoms with van der Waals surface area (Å²) in [7, 11) is 0. The molecule has 2 rings (SSSR count). The Hall–Kier alpha value is -2.21. The van der Waals surface area contributed by atoms with E-state index in [4.69, 9.17) is 5.21 Å². The van der Waals surface area contributed by atoms with Crippen LogP contribution in [-0.4, -0.2) is 26.1 Å². The maximum atomic E-state index is 10.9. The van der Waals surface area contributed by atoms with Gasteiger partial charge in [0, 0.05) is 5.56 Å². The Morgan fingerprint density at radius 3 is 2.81 bits per heavy atom. The molecule has 0 unspecified atom stereocenters. The third-order valence-corrected chi connectivity index (χ3v) is 2.04. The van der Waals surface area contributed by atoms with Crippen molar-refractivity contribution in [3.8, 4) is 11.3 Å². The van der Waals surface area contributed by atoms with Gasteiger partial charge in [0.15, 0.2) is 0 Å². The number of hydrogen-bond acceptors (Lipinski definition) is 4. The minimum absolute atomic E-state index is 0.0592. The van der Waals surface area contributed by atoms with Crippen LogP contribution in [0.2, 0.25) is 0 Å². The number of benzene rings is 1. The Kier molecular flexibility index (Phi) is 2.93. The van der Waals surface area contributed by atoms with Gasteiger partial charge in [-0.25, -0.2) is 10.2 Å². The minimum Gasteiger partial charge on any atom is -0.289 e. The zero-order valence-electron chi connectivity index (χ0n) is 8.37. The lowest BCUT2D eigenvalue weighted by atomic mass is 10.2. The fraction of sp³-hybridized carbons (Fsp3) is 0.100. The Labute approximate surface area is 91.5 Å². The minimum atomic E-state index is -0.537. The van der Waals surface area contributed by atoms with Crippen LogP contribution in [0.25, 0.3) is 11.3 Å². The van der Waals surface area contributed by atoms with Gasteiger partial charge in [-0.1, -0.05) is 35.5 Å². The van der Waals surface area contributed by atoms with Gasteiger partial charge in [-0.3, -0.25) is 10.0 Å². The van der Waals surface area contributed by atoms with Crippen LogP contribution in [0, 0.1) is 0 Å². The highest BCUT2D eigenvalue weighted by atomic mass is 16.5. The van der Waals surface area contributed by atoms with Crippen molar-refractivity contribution < 1.29 is 10.0 Å². The SMILES string of the molecule is O=C(Cn1cc(-c2ccccc2)nn1)NO. The van der Waals surface area contributed by atoms with E-state index in [9.17, 15) is 4.79 Å². The number of amides is 1. The summed E-state index contributed by atoms with van der Waals surface area (Å²) in [6.45, 7) is -0.0592. The van der Waals surface area contributed by atoms with Gasteiger partial charge < -0.3 is 0 Å². The first kappa shape index (κ1) is 10.3. The normalized spacial score (nSPS) is 10.1. The molecule has 0 bridgehead atoms. The molecule has 0 fully saturated rings. The van der Waals surface area contributed by atoms with Crippen molar-refractivity contribution >= 4 is 5.91 Å². The predicted molar refractivity (Wildman–Crippen MR) is 55.4 cm³/mol. The Balaban J connectivity index is 2.17. The van der Waals surface area contributed by atoms with Gasteiger partial charge in [0.2, 0.25) is 0 Å². The molecular weight excluding hydrogens is 208 g/mol. The topological polar surface area (TPSA) is 80.0 Å². The van der Waals surface area contributed by atoms with E-state index in [0.717, 1.165) is 5.56 Å². The third-order valence-electron chi connectivity index (χ3n) is 2.04. The van der Waals surface area contributed by atoms with Gasteiger partial charge in [-0.15, -0.1) is 5.10 Å². The van der Waals surface area contributed by atoms with Crippen LogP contribution in [0.3, 0.4) is 0 Å². The molecule has 2 N–H and O–H groups in total. The summed E-state index contributed by atoms with van der Waals surface area (Å²) in [5.41, 5.74) is 3.15. The number of carbonyl (C=O) groups is 1. The molecule has 0 aliphatic heterocycles. The number of rotatable bonds is 3. The molecule has 6 nitrogen and oxygen atoms in total. The van der Waals surface area contributed by atoms with E-state index in [1.165, 1.54) is 10.2 Å². The Bertz CT molecular complexity index is 481. The van der Waals surface area contributed by atoms with E-state index in [0.29, 0.717) is 5.69 Å². The van der Waals surface area contributed by atoms with Gasteiger partial charge in [-0.05, 0) is 0 Å². The summed E-state index contributed by atoms with van der Waals surface area (Å²) in [5, 5.41) is 16.1. The van der Waals surface area contributed by atoms with Crippen molar-refractivity contribution in [3.63, 3.8) is 0 Å². The highest BCUT2D eigenvalue weighted by molar-refractivity contribution is 5.74. The van der Waals surface area contributed by atoms with E-state index >= 15 is 0 Å². The van der Waals surface area contributed by atoms with Gasteiger partial charge >= 0.3 is 0 Å². The lowest BCUT2D eigenvalue weighted by molar-refractivity contribution is -0.130. The molecule has 0 aliphatic rings. The average molecular weight is 218 g/mol. The van der Waals surface area contributed by atoms with Crippen LogP contribution in [0.1, 0.15) is 0 Å². The molecule has 0 spiro atoms. The first-order valence-electron chi connectivity index (χ1n) is 4.68. The molecule has 1 aromatic heterocycles. The van der Waals surface area contributed by atoms with E-state index in [1.54, 1.807) is 6.20 Å². The fourth-order valence-electron chi connectivity index (χ4n) is 1.30. The van der Waals surface area contributed by atoms with E-state index in [2.05, 4.69) is 10.3 Å². The molecule has 82 valence electrons. The molecule has 0 saturated carbocycles. The van der Waals surface area contributed by atoms with Gasteiger partial charge in [-0.2, -0.15) is 0 Å². The Morgan fingerprint density at radius 1 is 1.38 bits per heavy atom. The molecule has 0 aliphatic carbocycles. The van der Waals surface area contributed by atoms with Crippen molar-refractivity contribution in [2.24, 2.45) is 0 Å². The molecule has 2 aromatic rings. The number of aromatic nitrogens is 3. The van der Waals surface area contributed by atoms with Crippen LogP contribution in [0.4, 0.5) is 0 Å². The van der Waals surface area contributed by atoms with Crippen LogP contribution in [0.15, 0.2) is 36.5 Å². The zero-order valence-corrected chi connectivity index (χ0v) is 8.37. The standard InChI is InChI=1S/C10H10N4O2/c15-10(12-16)7-14-6-9(11-13-14)8-4-2-1-3-5-8/h1-6,16H,7H2,(H,12,15). The molecule has 6 heteroatoms. The second-order valence-corrected chi connectivity index (χ2v) is 3.20. The number of carbonyl (C=O) groups excluding carboxylic acids is 1. The van der Waals surface area contributed by atoms with Crippen LogP contribution >= 0.6 is 0 Å². The van der Waals surface area contributed by atoms with Crippen molar-refractivity contribution in [3.05, 3.63) is 36.5 Å². The number of hydrogen-bond donors (Lipinski definition) is 2. The molecule has 0 atom stereocenters. The summed E-state index contributed by atoms with van der Waals surface area (Å²) in [6.07, 6.45) is 1.64. The van der Waals surface area contributed by atoms with Crippen molar-refractivity contribution in [1.29, 1.82) is 0 Å². The Morgan fingerprint density at radius 2 is 2.12 bits per heavy atom. The third kappa shape index (κ3) is 2.23. The lowest BCUT2D eigenvalue weighted by Crippen LogP contribution is -2.24. The highest BCUT2D eigenvalue weighted by Gasteiger charge is 2.05. The lowest BCUT2D eigenvalue weighted by Gasteiger charge is -1.96. The van der Waals surface area contributed by atoms with Crippen molar-refractivity contribution in [1.82, 2.24) is 20.5 Å². The molecule has 0 radical (unpaired) electrons. The molecule has 1 heterocycles. The largest absolute Gasteiger partial charge is 0.289 e. The fourth-order valence-corrected chi connectivity index (χ4v) is 1.30. The maximum Gasteiger partial charge on any atom is 0.265 e. The van der Waals surface area contributed by atoms with Gasteiger partial charge in [0.1, 0.15) is 12.2 Å². The van der Waals surface area contributed by atoms with Gasteiger partial charge in [0.05, 0.1) is 6.20 Å². The average Bonchev–Trinajstić information content (AvgIpc) is 2.78. The highest BCUT2D eigenvalue weighted by Crippen LogP contribution is 2.14.